The molecule has 0 fully saturated rings. The molecule has 0 bridgehead atoms. The van der Waals surface area contributed by atoms with E-state index < -0.39 is 0 Å². The average Bonchev–Trinajstić information content (AvgIpc) is 2.96. The number of rotatable bonds is 30. The summed E-state index contributed by atoms with van der Waals surface area (Å²) in [5.74, 6) is 0. The molecular weight excluding hydrogens is 470 g/mol. The van der Waals surface area contributed by atoms with Crippen LogP contribution in [0.25, 0.3) is 0 Å². The number of benzene rings is 1. The van der Waals surface area contributed by atoms with Gasteiger partial charge in [0.1, 0.15) is 0 Å². The third kappa shape index (κ3) is 22.4. The van der Waals surface area contributed by atoms with Crippen molar-refractivity contribution >= 4 is 5.69 Å². The van der Waals surface area contributed by atoms with E-state index in [4.69, 9.17) is 0 Å². The molecule has 0 atom stereocenters. The lowest BCUT2D eigenvalue weighted by atomic mass is 10.0. The van der Waals surface area contributed by atoms with Crippen molar-refractivity contribution < 1.29 is 0 Å². The molecule has 0 saturated heterocycles. The summed E-state index contributed by atoms with van der Waals surface area (Å²) in [5.41, 5.74) is 2.97. The molecule has 0 aliphatic heterocycles. The highest BCUT2D eigenvalue weighted by molar-refractivity contribution is 5.47. The van der Waals surface area contributed by atoms with Crippen LogP contribution in [-0.4, -0.2) is 13.1 Å². The van der Waals surface area contributed by atoms with Crippen LogP contribution in [-0.2, 0) is 6.42 Å². The highest BCUT2D eigenvalue weighted by atomic mass is 15.1. The molecule has 0 spiro atoms. The second kappa shape index (κ2) is 28.5. The lowest BCUT2D eigenvalue weighted by molar-refractivity contribution is 0.535. The van der Waals surface area contributed by atoms with E-state index in [0.29, 0.717) is 0 Å². The van der Waals surface area contributed by atoms with Gasteiger partial charge in [0.15, 0.2) is 0 Å². The lowest BCUT2D eigenvalue weighted by Gasteiger charge is -2.25. The van der Waals surface area contributed by atoms with Gasteiger partial charge < -0.3 is 4.90 Å². The van der Waals surface area contributed by atoms with Gasteiger partial charge in [-0.25, -0.2) is 0 Å². The first-order chi connectivity index (χ1) is 19.3. The van der Waals surface area contributed by atoms with Crippen molar-refractivity contribution in [2.45, 2.75) is 194 Å². The Morgan fingerprint density at radius 2 is 0.667 bits per heavy atom. The third-order valence-electron chi connectivity index (χ3n) is 8.68. The fourth-order valence-electron chi connectivity index (χ4n) is 5.91. The molecule has 0 radical (unpaired) electrons. The molecule has 1 aromatic rings. The van der Waals surface area contributed by atoms with Crippen molar-refractivity contribution in [3.8, 4) is 0 Å². The second-order valence-electron chi connectivity index (χ2n) is 12.5. The van der Waals surface area contributed by atoms with Gasteiger partial charge in [-0.1, -0.05) is 181 Å². The predicted octanol–water partition coefficient (Wildman–Crippen LogP) is 13.2. The maximum Gasteiger partial charge on any atom is 0.0366 e. The Kier molecular flexibility index (Phi) is 26.4. The first-order valence-corrected chi connectivity index (χ1v) is 18.2. The molecule has 0 aromatic heterocycles. The van der Waals surface area contributed by atoms with E-state index >= 15 is 0 Å². The number of nitrogens with zero attached hydrogens (tertiary/aromatic N) is 1. The molecule has 0 aliphatic rings. The number of hydrogen-bond acceptors (Lipinski definition) is 1. The molecule has 0 heterocycles. The summed E-state index contributed by atoms with van der Waals surface area (Å²) in [6.45, 7) is 9.39. The van der Waals surface area contributed by atoms with Gasteiger partial charge in [0.25, 0.3) is 0 Å². The summed E-state index contributed by atoms with van der Waals surface area (Å²) in [4.78, 5) is 2.70. The largest absolute Gasteiger partial charge is 0.372 e. The first-order valence-electron chi connectivity index (χ1n) is 18.2. The minimum absolute atomic E-state index is 1.23. The molecule has 0 saturated carbocycles. The topological polar surface area (TPSA) is 3.24 Å². The number of aryl methyl sites for hydroxylation is 1. The van der Waals surface area contributed by atoms with Crippen LogP contribution >= 0.6 is 0 Å². The standard InChI is InChI=1S/C38H71N/c1-4-7-10-12-14-16-18-20-22-24-26-28-35-39(38-33-31-37(32-34-38)30-9-6-3)36-29-27-25-23-21-19-17-15-13-11-8-5-2/h31-34H,4-30,35-36H2,1-3H3. The van der Waals surface area contributed by atoms with Crippen LogP contribution < -0.4 is 4.90 Å². The van der Waals surface area contributed by atoms with E-state index in [-0.39, 0.29) is 0 Å². The molecule has 39 heavy (non-hydrogen) atoms. The highest BCUT2D eigenvalue weighted by Gasteiger charge is 2.07. The van der Waals surface area contributed by atoms with E-state index in [1.807, 2.05) is 0 Å². The van der Waals surface area contributed by atoms with Crippen molar-refractivity contribution in [2.24, 2.45) is 0 Å². The highest BCUT2D eigenvalue weighted by Crippen LogP contribution is 2.20. The number of unbranched alkanes of at least 4 members (excludes halogenated alkanes) is 23. The van der Waals surface area contributed by atoms with Gasteiger partial charge in [-0.15, -0.1) is 0 Å². The molecule has 0 aliphatic carbocycles. The van der Waals surface area contributed by atoms with Crippen LogP contribution in [0.3, 0.4) is 0 Å². The Balaban J connectivity index is 2.23. The molecule has 1 aromatic carbocycles. The maximum atomic E-state index is 2.70. The monoisotopic (exact) mass is 542 g/mol. The second-order valence-corrected chi connectivity index (χ2v) is 12.5. The van der Waals surface area contributed by atoms with Crippen LogP contribution in [0, 0.1) is 0 Å². The predicted molar refractivity (Wildman–Crippen MR) is 179 cm³/mol. The molecule has 0 N–H and O–H groups in total. The number of anilines is 1. The van der Waals surface area contributed by atoms with Gasteiger partial charge in [-0.3, -0.25) is 0 Å². The van der Waals surface area contributed by atoms with Crippen molar-refractivity contribution in [2.75, 3.05) is 18.0 Å². The summed E-state index contributed by atoms with van der Waals surface area (Å²) < 4.78 is 0. The minimum atomic E-state index is 1.23. The Morgan fingerprint density at radius 3 is 1.00 bits per heavy atom. The zero-order valence-corrected chi connectivity index (χ0v) is 27.3. The van der Waals surface area contributed by atoms with Gasteiger partial charge in [-0.05, 0) is 43.4 Å². The van der Waals surface area contributed by atoms with Crippen LogP contribution in [0.4, 0.5) is 5.69 Å². The normalized spacial score (nSPS) is 11.4. The smallest absolute Gasteiger partial charge is 0.0366 e. The Labute approximate surface area is 247 Å². The Hall–Kier alpha value is -0.980. The molecule has 228 valence electrons. The molecule has 1 heteroatoms. The van der Waals surface area contributed by atoms with Crippen LogP contribution in [0.1, 0.15) is 193 Å². The van der Waals surface area contributed by atoms with E-state index in [2.05, 4.69) is 49.9 Å². The average molecular weight is 542 g/mol. The maximum absolute atomic E-state index is 2.70. The van der Waals surface area contributed by atoms with Crippen LogP contribution in [0.2, 0.25) is 0 Å². The molecule has 0 unspecified atom stereocenters. The summed E-state index contributed by atoms with van der Waals surface area (Å²) in [7, 11) is 0. The zero-order valence-electron chi connectivity index (χ0n) is 27.3. The van der Waals surface area contributed by atoms with Gasteiger partial charge in [0.05, 0.1) is 0 Å². The zero-order chi connectivity index (χ0) is 28.1. The van der Waals surface area contributed by atoms with Crippen molar-refractivity contribution in [3.63, 3.8) is 0 Å². The van der Waals surface area contributed by atoms with E-state index in [1.54, 1.807) is 0 Å². The van der Waals surface area contributed by atoms with Crippen LogP contribution in [0.5, 0.6) is 0 Å². The summed E-state index contributed by atoms with van der Waals surface area (Å²) >= 11 is 0. The molecule has 1 rings (SSSR count). The van der Waals surface area contributed by atoms with Gasteiger partial charge in [0.2, 0.25) is 0 Å². The minimum Gasteiger partial charge on any atom is -0.372 e. The van der Waals surface area contributed by atoms with Crippen molar-refractivity contribution in [3.05, 3.63) is 29.8 Å². The fraction of sp³-hybridized carbons (Fsp3) is 0.842. The van der Waals surface area contributed by atoms with Crippen molar-refractivity contribution in [1.29, 1.82) is 0 Å². The van der Waals surface area contributed by atoms with Gasteiger partial charge in [0, 0.05) is 18.8 Å². The van der Waals surface area contributed by atoms with E-state index in [0.717, 1.165) is 0 Å². The fourth-order valence-corrected chi connectivity index (χ4v) is 5.91. The SMILES string of the molecule is CCCCCCCCCCCCCCN(CCCCCCCCCCCCCC)c1ccc(CCCC)cc1. The van der Waals surface area contributed by atoms with Crippen LogP contribution in [0.15, 0.2) is 24.3 Å². The summed E-state index contributed by atoms with van der Waals surface area (Å²) in [6, 6.07) is 9.60. The van der Waals surface area contributed by atoms with Gasteiger partial charge >= 0.3 is 0 Å². The molecule has 0 amide bonds. The molecular formula is C38H71N. The third-order valence-corrected chi connectivity index (χ3v) is 8.68. The Morgan fingerprint density at radius 1 is 0.359 bits per heavy atom. The Bertz CT molecular complexity index is 563. The molecule has 1 nitrogen and oxygen atoms in total. The lowest BCUT2D eigenvalue weighted by Crippen LogP contribution is -2.25. The van der Waals surface area contributed by atoms with Gasteiger partial charge in [-0.2, -0.15) is 0 Å². The summed E-state index contributed by atoms with van der Waals surface area (Å²) in [5, 5.41) is 0. The quantitative estimate of drug-likeness (QED) is 0.0875. The first kappa shape index (κ1) is 36.0. The summed E-state index contributed by atoms with van der Waals surface area (Å²) in [6.07, 6.45) is 38.2. The van der Waals surface area contributed by atoms with E-state index in [1.165, 1.54) is 198 Å². The number of hydrogen-bond donors (Lipinski definition) is 0. The van der Waals surface area contributed by atoms with E-state index in [9.17, 15) is 0 Å². The van der Waals surface area contributed by atoms with Crippen molar-refractivity contribution in [1.82, 2.24) is 0 Å².